The molecule has 4 heteroatoms. The first-order chi connectivity index (χ1) is 8.69. The van der Waals surface area contributed by atoms with Crippen molar-refractivity contribution in [3.8, 4) is 0 Å². The molecule has 0 aromatic heterocycles. The number of ether oxygens (including phenoxy) is 1. The van der Waals surface area contributed by atoms with Crippen molar-refractivity contribution in [3.05, 3.63) is 35.9 Å². The van der Waals surface area contributed by atoms with E-state index >= 15 is 0 Å². The van der Waals surface area contributed by atoms with E-state index in [0.717, 1.165) is 12.0 Å². The van der Waals surface area contributed by atoms with Crippen LogP contribution < -0.4 is 5.32 Å². The smallest absolute Gasteiger partial charge is 0.227 e. The van der Waals surface area contributed by atoms with Crippen molar-refractivity contribution >= 4 is 5.91 Å². The fraction of sp³-hybridized carbons (Fsp3) is 0.500. The number of hydrogen-bond donors (Lipinski definition) is 2. The first-order valence-electron chi connectivity index (χ1n) is 6.18. The summed E-state index contributed by atoms with van der Waals surface area (Å²) in [6.07, 6.45) is 0.0724. The zero-order chi connectivity index (χ0) is 13.4. The summed E-state index contributed by atoms with van der Waals surface area (Å²) in [4.78, 5) is 12.0. The van der Waals surface area contributed by atoms with Gasteiger partial charge < -0.3 is 15.2 Å². The van der Waals surface area contributed by atoms with Crippen molar-refractivity contribution < 1.29 is 14.6 Å². The van der Waals surface area contributed by atoms with Gasteiger partial charge in [0.25, 0.3) is 0 Å². The summed E-state index contributed by atoms with van der Waals surface area (Å²) >= 11 is 0. The Kier molecular flexibility index (Phi) is 6.39. The second-order valence-electron chi connectivity index (χ2n) is 4.23. The lowest BCUT2D eigenvalue weighted by molar-refractivity contribution is -0.123. The molecular weight excluding hydrogens is 230 g/mol. The molecule has 1 aromatic carbocycles. The van der Waals surface area contributed by atoms with Gasteiger partial charge in [0.2, 0.25) is 5.91 Å². The molecule has 1 aromatic rings. The topological polar surface area (TPSA) is 58.6 Å². The van der Waals surface area contributed by atoms with Gasteiger partial charge in [-0.1, -0.05) is 37.3 Å². The molecule has 0 heterocycles. The maximum atomic E-state index is 12.0. The molecule has 4 nitrogen and oxygen atoms in total. The molecule has 0 spiro atoms. The average molecular weight is 251 g/mol. The summed E-state index contributed by atoms with van der Waals surface area (Å²) in [6, 6.07) is 9.66. The Morgan fingerprint density at radius 3 is 2.61 bits per heavy atom. The van der Waals surface area contributed by atoms with Gasteiger partial charge in [-0.3, -0.25) is 4.79 Å². The quantitative estimate of drug-likeness (QED) is 0.768. The van der Waals surface area contributed by atoms with Crippen LogP contribution in [0.4, 0.5) is 0 Å². The number of carbonyl (C=O) groups excluding carboxylic acids is 1. The summed E-state index contributed by atoms with van der Waals surface area (Å²) in [6.45, 7) is 2.42. The number of methoxy groups -OCH3 is 1. The molecule has 0 aliphatic heterocycles. The highest BCUT2D eigenvalue weighted by Gasteiger charge is 2.18. The van der Waals surface area contributed by atoms with Crippen LogP contribution in [0.15, 0.2) is 30.3 Å². The first-order valence-corrected chi connectivity index (χ1v) is 6.18. The van der Waals surface area contributed by atoms with Gasteiger partial charge in [0.05, 0.1) is 18.6 Å². The molecule has 1 rings (SSSR count). The van der Waals surface area contributed by atoms with Crippen molar-refractivity contribution in [2.75, 3.05) is 20.3 Å². The van der Waals surface area contributed by atoms with Crippen LogP contribution in [0.3, 0.4) is 0 Å². The standard InChI is InChI=1S/C14H21NO3/c1-3-13(11-7-5-4-6-8-11)14(17)15-9-12(16)10-18-2/h4-8,12-13,16H,3,9-10H2,1-2H3,(H,15,17). The number of carbonyl (C=O) groups is 1. The van der Waals surface area contributed by atoms with E-state index in [1.165, 1.54) is 7.11 Å². The molecule has 2 atom stereocenters. The van der Waals surface area contributed by atoms with Gasteiger partial charge in [-0.15, -0.1) is 0 Å². The van der Waals surface area contributed by atoms with Gasteiger partial charge in [0.1, 0.15) is 0 Å². The van der Waals surface area contributed by atoms with Gasteiger partial charge in [0.15, 0.2) is 0 Å². The van der Waals surface area contributed by atoms with E-state index in [-0.39, 0.29) is 25.0 Å². The lowest BCUT2D eigenvalue weighted by Gasteiger charge is -2.17. The molecule has 1 amide bonds. The minimum atomic E-state index is -0.660. The Balaban J connectivity index is 2.53. The first kappa shape index (κ1) is 14.7. The van der Waals surface area contributed by atoms with Crippen LogP contribution in [-0.4, -0.2) is 37.4 Å². The second-order valence-corrected chi connectivity index (χ2v) is 4.23. The summed E-state index contributed by atoms with van der Waals surface area (Å²) in [5, 5.41) is 12.2. The summed E-state index contributed by atoms with van der Waals surface area (Å²) in [5.74, 6) is -0.222. The Hall–Kier alpha value is -1.39. The summed E-state index contributed by atoms with van der Waals surface area (Å²) in [5.41, 5.74) is 0.999. The largest absolute Gasteiger partial charge is 0.389 e. The molecule has 2 unspecified atom stereocenters. The molecule has 100 valence electrons. The van der Waals surface area contributed by atoms with Crippen LogP contribution in [0.1, 0.15) is 24.8 Å². The monoisotopic (exact) mass is 251 g/mol. The zero-order valence-corrected chi connectivity index (χ0v) is 10.9. The van der Waals surface area contributed by atoms with Crippen molar-refractivity contribution in [1.82, 2.24) is 5.32 Å². The second kappa shape index (κ2) is 7.84. The third-order valence-corrected chi connectivity index (χ3v) is 2.80. The maximum absolute atomic E-state index is 12.0. The number of amides is 1. The Labute approximate surface area is 108 Å². The summed E-state index contributed by atoms with van der Waals surface area (Å²) in [7, 11) is 1.52. The van der Waals surface area contributed by atoms with Crippen molar-refractivity contribution in [1.29, 1.82) is 0 Å². The van der Waals surface area contributed by atoms with Crippen LogP contribution in [0, 0.1) is 0 Å². The van der Waals surface area contributed by atoms with Gasteiger partial charge in [0, 0.05) is 13.7 Å². The van der Waals surface area contributed by atoms with E-state index in [4.69, 9.17) is 4.74 Å². The Morgan fingerprint density at radius 2 is 2.06 bits per heavy atom. The molecule has 0 radical (unpaired) electrons. The average Bonchev–Trinajstić information content (AvgIpc) is 2.39. The molecule has 0 bridgehead atoms. The normalized spacial score (nSPS) is 13.9. The van der Waals surface area contributed by atoms with E-state index in [1.54, 1.807) is 0 Å². The molecule has 0 aliphatic rings. The predicted molar refractivity (Wildman–Crippen MR) is 70.4 cm³/mol. The van der Waals surface area contributed by atoms with Gasteiger partial charge in [-0.2, -0.15) is 0 Å². The van der Waals surface area contributed by atoms with Crippen molar-refractivity contribution in [3.63, 3.8) is 0 Å². The fourth-order valence-electron chi connectivity index (χ4n) is 1.85. The molecule has 0 saturated carbocycles. The number of rotatable bonds is 7. The van der Waals surface area contributed by atoms with Crippen LogP contribution >= 0.6 is 0 Å². The minimum Gasteiger partial charge on any atom is -0.389 e. The van der Waals surface area contributed by atoms with E-state index in [1.807, 2.05) is 37.3 Å². The summed E-state index contributed by atoms with van der Waals surface area (Å²) < 4.78 is 4.81. The molecule has 0 fully saturated rings. The number of aliphatic hydroxyl groups is 1. The predicted octanol–water partition coefficient (Wildman–Crippen LogP) is 1.30. The third-order valence-electron chi connectivity index (χ3n) is 2.80. The van der Waals surface area contributed by atoms with Crippen LogP contribution in [0.5, 0.6) is 0 Å². The van der Waals surface area contributed by atoms with E-state index in [2.05, 4.69) is 5.32 Å². The Bertz CT molecular complexity index is 353. The molecule has 18 heavy (non-hydrogen) atoms. The minimum absolute atomic E-state index is 0.0566. The highest BCUT2D eigenvalue weighted by molar-refractivity contribution is 5.83. The molecule has 0 saturated heterocycles. The molecular formula is C14H21NO3. The van der Waals surface area contributed by atoms with Crippen LogP contribution in [-0.2, 0) is 9.53 Å². The maximum Gasteiger partial charge on any atom is 0.227 e. The van der Waals surface area contributed by atoms with E-state index < -0.39 is 6.10 Å². The lowest BCUT2D eigenvalue weighted by Crippen LogP contribution is -2.37. The van der Waals surface area contributed by atoms with Gasteiger partial charge in [-0.05, 0) is 12.0 Å². The lowest BCUT2D eigenvalue weighted by atomic mass is 9.95. The highest BCUT2D eigenvalue weighted by atomic mass is 16.5. The van der Waals surface area contributed by atoms with Gasteiger partial charge >= 0.3 is 0 Å². The zero-order valence-electron chi connectivity index (χ0n) is 10.9. The third kappa shape index (κ3) is 4.47. The van der Waals surface area contributed by atoms with E-state index in [9.17, 15) is 9.90 Å². The highest BCUT2D eigenvalue weighted by Crippen LogP contribution is 2.18. The Morgan fingerprint density at radius 1 is 1.39 bits per heavy atom. The van der Waals surface area contributed by atoms with E-state index in [0.29, 0.717) is 0 Å². The van der Waals surface area contributed by atoms with Crippen molar-refractivity contribution in [2.24, 2.45) is 0 Å². The van der Waals surface area contributed by atoms with Crippen molar-refractivity contribution in [2.45, 2.75) is 25.4 Å². The number of hydrogen-bond acceptors (Lipinski definition) is 3. The fourth-order valence-corrected chi connectivity index (χ4v) is 1.85. The number of benzene rings is 1. The number of nitrogens with one attached hydrogen (secondary N) is 1. The van der Waals surface area contributed by atoms with Gasteiger partial charge in [-0.25, -0.2) is 0 Å². The molecule has 0 aliphatic carbocycles. The molecule has 2 N–H and O–H groups in total. The van der Waals surface area contributed by atoms with Crippen LogP contribution in [0.25, 0.3) is 0 Å². The SMILES string of the molecule is CCC(C(=O)NCC(O)COC)c1ccccc1. The number of aliphatic hydroxyl groups excluding tert-OH is 1. The van der Waals surface area contributed by atoms with Crippen LogP contribution in [0.2, 0.25) is 0 Å².